The van der Waals surface area contributed by atoms with Crippen molar-refractivity contribution in [2.45, 2.75) is 20.0 Å². The van der Waals surface area contributed by atoms with Crippen molar-refractivity contribution in [1.82, 2.24) is 4.98 Å². The monoisotopic (exact) mass is 379 g/mol. The lowest BCUT2D eigenvalue weighted by atomic mass is 10.2. The number of alkyl halides is 3. The SMILES string of the molecule is Cc1cc(Br)c(Oc2ccc(Cl)c(C(F)(F)F)c2)nc1C. The summed E-state index contributed by atoms with van der Waals surface area (Å²) in [4.78, 5) is 4.20. The van der Waals surface area contributed by atoms with Crippen molar-refractivity contribution in [3.05, 3.63) is 50.6 Å². The van der Waals surface area contributed by atoms with Crippen LogP contribution in [0.25, 0.3) is 0 Å². The highest BCUT2D eigenvalue weighted by molar-refractivity contribution is 9.10. The first kappa shape index (κ1) is 16.1. The van der Waals surface area contributed by atoms with Crippen LogP contribution < -0.4 is 4.74 Å². The van der Waals surface area contributed by atoms with E-state index in [1.807, 2.05) is 6.92 Å². The highest BCUT2D eigenvalue weighted by Crippen LogP contribution is 2.38. The van der Waals surface area contributed by atoms with Gasteiger partial charge in [0.25, 0.3) is 0 Å². The molecular formula is C14H10BrClF3NO. The van der Waals surface area contributed by atoms with Crippen LogP contribution in [0.3, 0.4) is 0 Å². The molecule has 0 atom stereocenters. The van der Waals surface area contributed by atoms with Gasteiger partial charge in [0.2, 0.25) is 5.88 Å². The molecule has 112 valence electrons. The van der Waals surface area contributed by atoms with Crippen LogP contribution in [0, 0.1) is 13.8 Å². The van der Waals surface area contributed by atoms with E-state index in [0.717, 1.165) is 23.4 Å². The maximum Gasteiger partial charge on any atom is 0.417 e. The van der Waals surface area contributed by atoms with Gasteiger partial charge in [-0.1, -0.05) is 11.6 Å². The number of aryl methyl sites for hydroxylation is 2. The molecule has 2 rings (SSSR count). The molecule has 0 saturated carbocycles. The van der Waals surface area contributed by atoms with Crippen molar-refractivity contribution in [1.29, 1.82) is 0 Å². The Kier molecular flexibility index (Phi) is 4.49. The molecule has 0 spiro atoms. The van der Waals surface area contributed by atoms with Crippen molar-refractivity contribution < 1.29 is 17.9 Å². The number of aromatic nitrogens is 1. The zero-order valence-electron chi connectivity index (χ0n) is 11.1. The number of halogens is 5. The second-order valence-corrected chi connectivity index (χ2v) is 5.68. The number of benzene rings is 1. The lowest BCUT2D eigenvalue weighted by molar-refractivity contribution is -0.137. The zero-order chi connectivity index (χ0) is 15.8. The minimum Gasteiger partial charge on any atom is -0.438 e. The van der Waals surface area contributed by atoms with Gasteiger partial charge in [-0.3, -0.25) is 0 Å². The molecule has 0 N–H and O–H groups in total. The molecule has 1 aromatic carbocycles. The van der Waals surface area contributed by atoms with Gasteiger partial charge in [-0.25, -0.2) is 4.98 Å². The van der Waals surface area contributed by atoms with Crippen molar-refractivity contribution in [3.63, 3.8) is 0 Å². The minimum atomic E-state index is -4.54. The Bertz CT molecular complexity index is 689. The molecule has 0 aliphatic heterocycles. The first-order valence-electron chi connectivity index (χ1n) is 5.87. The third-order valence-electron chi connectivity index (χ3n) is 2.85. The topological polar surface area (TPSA) is 22.1 Å². The summed E-state index contributed by atoms with van der Waals surface area (Å²) in [7, 11) is 0. The van der Waals surface area contributed by atoms with Crippen LogP contribution in [0.15, 0.2) is 28.7 Å². The number of hydrogen-bond acceptors (Lipinski definition) is 2. The molecule has 2 nitrogen and oxygen atoms in total. The van der Waals surface area contributed by atoms with E-state index in [1.54, 1.807) is 13.0 Å². The van der Waals surface area contributed by atoms with E-state index in [9.17, 15) is 13.2 Å². The molecule has 0 unspecified atom stereocenters. The van der Waals surface area contributed by atoms with Crippen LogP contribution in [-0.2, 0) is 6.18 Å². The summed E-state index contributed by atoms with van der Waals surface area (Å²) in [6.07, 6.45) is -4.54. The summed E-state index contributed by atoms with van der Waals surface area (Å²) in [6.45, 7) is 3.67. The van der Waals surface area contributed by atoms with Crippen LogP contribution in [0.2, 0.25) is 5.02 Å². The normalized spacial score (nSPS) is 11.6. The summed E-state index contributed by atoms with van der Waals surface area (Å²) in [5.41, 5.74) is 0.737. The number of hydrogen-bond donors (Lipinski definition) is 0. The van der Waals surface area contributed by atoms with Gasteiger partial charge in [-0.15, -0.1) is 0 Å². The second-order valence-electron chi connectivity index (χ2n) is 4.42. The van der Waals surface area contributed by atoms with Gasteiger partial charge in [0.15, 0.2) is 0 Å². The highest BCUT2D eigenvalue weighted by atomic mass is 79.9. The molecule has 0 radical (unpaired) electrons. The molecule has 7 heteroatoms. The van der Waals surface area contributed by atoms with Gasteiger partial charge in [-0.2, -0.15) is 13.2 Å². The predicted molar refractivity (Wildman–Crippen MR) is 77.9 cm³/mol. The largest absolute Gasteiger partial charge is 0.438 e. The molecular weight excluding hydrogens is 371 g/mol. The summed E-state index contributed by atoms with van der Waals surface area (Å²) in [5.74, 6) is 0.219. The lowest BCUT2D eigenvalue weighted by Gasteiger charge is -2.13. The van der Waals surface area contributed by atoms with Gasteiger partial charge < -0.3 is 4.74 Å². The van der Waals surface area contributed by atoms with E-state index in [4.69, 9.17) is 16.3 Å². The zero-order valence-corrected chi connectivity index (χ0v) is 13.4. The van der Waals surface area contributed by atoms with Crippen molar-refractivity contribution in [2.75, 3.05) is 0 Å². The lowest BCUT2D eigenvalue weighted by Crippen LogP contribution is -2.06. The van der Waals surface area contributed by atoms with Crippen LogP contribution in [0.4, 0.5) is 13.2 Å². The summed E-state index contributed by atoms with van der Waals surface area (Å²) < 4.78 is 44.4. The summed E-state index contributed by atoms with van der Waals surface area (Å²) in [5, 5.41) is -0.373. The Morgan fingerprint density at radius 1 is 1.19 bits per heavy atom. The van der Waals surface area contributed by atoms with Crippen LogP contribution in [0.5, 0.6) is 11.6 Å². The van der Waals surface area contributed by atoms with Crippen LogP contribution in [0.1, 0.15) is 16.8 Å². The Labute approximate surface area is 133 Å². The van der Waals surface area contributed by atoms with Crippen LogP contribution in [-0.4, -0.2) is 4.98 Å². The number of nitrogens with zero attached hydrogens (tertiary/aromatic N) is 1. The molecule has 0 aliphatic carbocycles. The fourth-order valence-electron chi connectivity index (χ4n) is 1.62. The van der Waals surface area contributed by atoms with E-state index in [0.29, 0.717) is 4.47 Å². The molecule has 21 heavy (non-hydrogen) atoms. The number of pyridine rings is 1. The van der Waals surface area contributed by atoms with Crippen molar-refractivity contribution in [3.8, 4) is 11.6 Å². The molecule has 0 saturated heterocycles. The average Bonchev–Trinajstić information content (AvgIpc) is 2.37. The Morgan fingerprint density at radius 2 is 1.86 bits per heavy atom. The third-order valence-corrected chi connectivity index (χ3v) is 3.74. The van der Waals surface area contributed by atoms with Gasteiger partial charge in [-0.05, 0) is 59.6 Å². The molecule has 0 bridgehead atoms. The van der Waals surface area contributed by atoms with Gasteiger partial charge in [0, 0.05) is 5.69 Å². The van der Waals surface area contributed by atoms with E-state index in [-0.39, 0.29) is 16.7 Å². The Hall–Kier alpha value is -1.27. The van der Waals surface area contributed by atoms with Gasteiger partial charge in [0.1, 0.15) is 5.75 Å². The molecule has 1 heterocycles. The van der Waals surface area contributed by atoms with E-state index < -0.39 is 11.7 Å². The molecule has 1 aromatic heterocycles. The maximum absolute atomic E-state index is 12.8. The average molecular weight is 381 g/mol. The molecule has 2 aromatic rings. The summed E-state index contributed by atoms with van der Waals surface area (Å²) in [6, 6.07) is 5.15. The van der Waals surface area contributed by atoms with Gasteiger partial charge >= 0.3 is 6.18 Å². The van der Waals surface area contributed by atoms with E-state index >= 15 is 0 Å². The number of ether oxygens (including phenoxy) is 1. The third kappa shape index (κ3) is 3.68. The standard InChI is InChI=1S/C14H10BrClF3NO/c1-7-5-11(15)13(20-8(7)2)21-9-3-4-12(16)10(6-9)14(17,18)19/h3-6H,1-2H3. The highest BCUT2D eigenvalue weighted by Gasteiger charge is 2.33. The molecule has 0 aliphatic rings. The number of rotatable bonds is 2. The second kappa shape index (κ2) is 5.85. The molecule has 0 amide bonds. The van der Waals surface area contributed by atoms with Gasteiger partial charge in [0.05, 0.1) is 15.1 Å². The smallest absolute Gasteiger partial charge is 0.417 e. The summed E-state index contributed by atoms with van der Waals surface area (Å²) >= 11 is 8.84. The van der Waals surface area contributed by atoms with Crippen molar-refractivity contribution in [2.24, 2.45) is 0 Å². The maximum atomic E-state index is 12.8. The van der Waals surface area contributed by atoms with E-state index in [2.05, 4.69) is 20.9 Å². The van der Waals surface area contributed by atoms with E-state index in [1.165, 1.54) is 6.07 Å². The first-order chi connectivity index (χ1) is 9.68. The Balaban J connectivity index is 2.39. The fourth-order valence-corrected chi connectivity index (χ4v) is 2.36. The Morgan fingerprint density at radius 3 is 2.48 bits per heavy atom. The molecule has 0 fully saturated rings. The quantitative estimate of drug-likeness (QED) is 0.644. The van der Waals surface area contributed by atoms with Crippen LogP contribution >= 0.6 is 27.5 Å². The van der Waals surface area contributed by atoms with Crippen molar-refractivity contribution >= 4 is 27.5 Å². The fraction of sp³-hybridized carbons (Fsp3) is 0.214. The first-order valence-corrected chi connectivity index (χ1v) is 7.04. The minimum absolute atomic E-state index is 0.0168. The predicted octanol–water partition coefficient (Wildman–Crippen LogP) is 5.93.